The van der Waals surface area contributed by atoms with E-state index in [4.69, 9.17) is 22.3 Å². The van der Waals surface area contributed by atoms with Gasteiger partial charge >= 0.3 is 0 Å². The highest BCUT2D eigenvalue weighted by Crippen LogP contribution is 2.25. The van der Waals surface area contributed by atoms with E-state index in [1.165, 1.54) is 5.56 Å². The van der Waals surface area contributed by atoms with Gasteiger partial charge in [-0.25, -0.2) is 4.98 Å². The molecule has 1 aromatic heterocycles. The molecule has 4 rings (SSSR count). The molecule has 0 amide bonds. The summed E-state index contributed by atoms with van der Waals surface area (Å²) in [6.07, 6.45) is 0.743. The predicted octanol–water partition coefficient (Wildman–Crippen LogP) is 4.98. The van der Waals surface area contributed by atoms with Crippen LogP contribution in [0.5, 0.6) is 0 Å². The maximum atomic E-state index is 6.57. The molecule has 1 unspecified atom stereocenters. The molecule has 0 radical (unpaired) electrons. The van der Waals surface area contributed by atoms with Crippen molar-refractivity contribution in [3.05, 3.63) is 101 Å². The number of halogens is 1. The van der Waals surface area contributed by atoms with Crippen LogP contribution in [0.15, 0.2) is 78.9 Å². The summed E-state index contributed by atoms with van der Waals surface area (Å²) in [6, 6.07) is 26.1. The first-order valence-electron chi connectivity index (χ1n) is 8.70. The van der Waals surface area contributed by atoms with Crippen molar-refractivity contribution in [3.63, 3.8) is 0 Å². The molecule has 26 heavy (non-hydrogen) atoms. The van der Waals surface area contributed by atoms with Crippen LogP contribution in [0.2, 0.25) is 5.02 Å². The van der Waals surface area contributed by atoms with Gasteiger partial charge in [0.05, 0.1) is 23.6 Å². The van der Waals surface area contributed by atoms with E-state index in [2.05, 4.69) is 22.8 Å². The molecule has 4 aromatic rings. The molecular weight excluding hydrogens is 342 g/mol. The number of nitrogens with two attached hydrogens (primary N) is 1. The van der Waals surface area contributed by atoms with Gasteiger partial charge in [-0.1, -0.05) is 72.3 Å². The van der Waals surface area contributed by atoms with Crippen molar-refractivity contribution in [2.24, 2.45) is 5.73 Å². The average Bonchev–Trinajstić information content (AvgIpc) is 3.03. The third-order valence-electron chi connectivity index (χ3n) is 4.60. The molecule has 0 saturated heterocycles. The maximum absolute atomic E-state index is 6.57. The fraction of sp³-hybridized carbons (Fsp3) is 0.136. The Hall–Kier alpha value is -2.62. The van der Waals surface area contributed by atoms with E-state index in [9.17, 15) is 0 Å². The fourth-order valence-electron chi connectivity index (χ4n) is 3.30. The zero-order valence-electron chi connectivity index (χ0n) is 14.3. The lowest BCUT2D eigenvalue weighted by atomic mass is 10.1. The van der Waals surface area contributed by atoms with Crippen molar-refractivity contribution in [1.82, 2.24) is 9.55 Å². The van der Waals surface area contributed by atoms with Gasteiger partial charge in [-0.2, -0.15) is 0 Å². The van der Waals surface area contributed by atoms with Crippen molar-refractivity contribution < 1.29 is 0 Å². The van der Waals surface area contributed by atoms with E-state index in [0.717, 1.165) is 33.9 Å². The molecule has 130 valence electrons. The third kappa shape index (κ3) is 3.36. The van der Waals surface area contributed by atoms with E-state index in [1.807, 2.05) is 60.7 Å². The topological polar surface area (TPSA) is 43.8 Å². The quantitative estimate of drug-likeness (QED) is 0.544. The van der Waals surface area contributed by atoms with Gasteiger partial charge in [-0.05, 0) is 35.7 Å². The molecule has 0 saturated carbocycles. The van der Waals surface area contributed by atoms with Crippen molar-refractivity contribution >= 4 is 22.6 Å². The van der Waals surface area contributed by atoms with E-state index in [0.29, 0.717) is 6.54 Å². The molecule has 0 aliphatic carbocycles. The Morgan fingerprint density at radius 2 is 1.58 bits per heavy atom. The average molecular weight is 362 g/mol. The van der Waals surface area contributed by atoms with Crippen LogP contribution in [-0.4, -0.2) is 9.55 Å². The zero-order chi connectivity index (χ0) is 17.9. The van der Waals surface area contributed by atoms with Crippen molar-refractivity contribution in [2.75, 3.05) is 0 Å². The van der Waals surface area contributed by atoms with Gasteiger partial charge in [-0.15, -0.1) is 0 Å². The second kappa shape index (κ2) is 7.32. The molecule has 3 aromatic carbocycles. The number of fused-ring (bicyclic) bond motifs is 1. The van der Waals surface area contributed by atoms with Crippen LogP contribution in [0.25, 0.3) is 11.0 Å². The molecule has 2 N–H and O–H groups in total. The number of nitrogens with zero attached hydrogens (tertiary/aromatic N) is 2. The number of benzene rings is 3. The van der Waals surface area contributed by atoms with Crippen molar-refractivity contribution in [1.29, 1.82) is 0 Å². The summed E-state index contributed by atoms with van der Waals surface area (Å²) >= 11 is 6.39. The van der Waals surface area contributed by atoms with Crippen LogP contribution in [0, 0.1) is 0 Å². The molecule has 0 bridgehead atoms. The minimum atomic E-state index is -0.188. The second-order valence-electron chi connectivity index (χ2n) is 6.43. The first-order valence-corrected chi connectivity index (χ1v) is 9.08. The summed E-state index contributed by atoms with van der Waals surface area (Å²) in [5.74, 6) is 0.884. The van der Waals surface area contributed by atoms with Gasteiger partial charge in [0, 0.05) is 5.02 Å². The molecule has 1 heterocycles. The van der Waals surface area contributed by atoms with Crippen LogP contribution in [0.3, 0.4) is 0 Å². The van der Waals surface area contributed by atoms with E-state index < -0.39 is 0 Å². The molecule has 0 aliphatic rings. The molecule has 0 aliphatic heterocycles. The number of para-hydroxylation sites is 2. The first-order chi connectivity index (χ1) is 12.7. The molecule has 1 atom stereocenters. The lowest BCUT2D eigenvalue weighted by molar-refractivity contribution is 0.618. The predicted molar refractivity (Wildman–Crippen MR) is 107 cm³/mol. The molecule has 4 heteroatoms. The van der Waals surface area contributed by atoms with Gasteiger partial charge in [0.1, 0.15) is 5.82 Å². The van der Waals surface area contributed by atoms with Crippen LogP contribution < -0.4 is 5.73 Å². The van der Waals surface area contributed by atoms with Crippen LogP contribution in [0.1, 0.15) is 23.0 Å². The standard InChI is InChI=1S/C22H20ClN3/c23-18-11-5-4-10-17(18)15-26-21-13-7-6-12-20(21)25-22(26)19(24)14-16-8-2-1-3-9-16/h1-13,19H,14-15,24H2. The lowest BCUT2D eigenvalue weighted by Crippen LogP contribution is -2.19. The summed E-state index contributed by atoms with van der Waals surface area (Å²) in [4.78, 5) is 4.83. The summed E-state index contributed by atoms with van der Waals surface area (Å²) in [5, 5.41) is 0.757. The monoisotopic (exact) mass is 361 g/mol. The third-order valence-corrected chi connectivity index (χ3v) is 4.97. The Morgan fingerprint density at radius 3 is 2.38 bits per heavy atom. The highest BCUT2D eigenvalue weighted by molar-refractivity contribution is 6.31. The van der Waals surface area contributed by atoms with Crippen LogP contribution in [-0.2, 0) is 13.0 Å². The SMILES string of the molecule is NC(Cc1ccccc1)c1nc2ccccc2n1Cc1ccccc1Cl. The van der Waals surface area contributed by atoms with E-state index in [-0.39, 0.29) is 6.04 Å². The lowest BCUT2D eigenvalue weighted by Gasteiger charge is -2.16. The molecule has 3 nitrogen and oxygen atoms in total. The van der Waals surface area contributed by atoms with Crippen LogP contribution >= 0.6 is 11.6 Å². The number of aromatic nitrogens is 2. The summed E-state index contributed by atoms with van der Waals surface area (Å²) in [5.41, 5.74) is 10.9. The Morgan fingerprint density at radius 1 is 0.885 bits per heavy atom. The molecule has 0 spiro atoms. The minimum absolute atomic E-state index is 0.188. The molecule has 0 fully saturated rings. The largest absolute Gasteiger partial charge is 0.322 e. The van der Waals surface area contributed by atoms with E-state index >= 15 is 0 Å². The summed E-state index contributed by atoms with van der Waals surface area (Å²) in [6.45, 7) is 0.651. The normalized spacial score (nSPS) is 12.4. The van der Waals surface area contributed by atoms with Gasteiger partial charge < -0.3 is 10.3 Å². The fourth-order valence-corrected chi connectivity index (χ4v) is 3.50. The second-order valence-corrected chi connectivity index (χ2v) is 6.84. The Balaban J connectivity index is 1.75. The maximum Gasteiger partial charge on any atom is 0.127 e. The van der Waals surface area contributed by atoms with Gasteiger partial charge in [0.15, 0.2) is 0 Å². The van der Waals surface area contributed by atoms with Crippen molar-refractivity contribution in [2.45, 2.75) is 19.0 Å². The Bertz CT molecular complexity index is 1020. The Kier molecular flexibility index (Phi) is 4.74. The highest BCUT2D eigenvalue weighted by atomic mass is 35.5. The number of rotatable bonds is 5. The van der Waals surface area contributed by atoms with Gasteiger partial charge in [0.25, 0.3) is 0 Å². The number of imidazole rings is 1. The van der Waals surface area contributed by atoms with Gasteiger partial charge in [0.2, 0.25) is 0 Å². The van der Waals surface area contributed by atoms with Crippen LogP contribution in [0.4, 0.5) is 0 Å². The summed E-state index contributed by atoms with van der Waals surface area (Å²) < 4.78 is 2.18. The first kappa shape index (κ1) is 16.8. The van der Waals surface area contributed by atoms with E-state index in [1.54, 1.807) is 0 Å². The Labute approximate surface area is 158 Å². The molecular formula is C22H20ClN3. The number of hydrogen-bond acceptors (Lipinski definition) is 2. The minimum Gasteiger partial charge on any atom is -0.322 e. The van der Waals surface area contributed by atoms with Crippen molar-refractivity contribution in [3.8, 4) is 0 Å². The highest BCUT2D eigenvalue weighted by Gasteiger charge is 2.18. The smallest absolute Gasteiger partial charge is 0.127 e. The van der Waals surface area contributed by atoms with Gasteiger partial charge in [-0.3, -0.25) is 0 Å². The summed E-state index contributed by atoms with van der Waals surface area (Å²) in [7, 11) is 0. The number of hydrogen-bond donors (Lipinski definition) is 1. The zero-order valence-corrected chi connectivity index (χ0v) is 15.1.